The summed E-state index contributed by atoms with van der Waals surface area (Å²) < 4.78 is 32.7. The first-order valence-corrected chi connectivity index (χ1v) is 11.6. The minimum atomic E-state index is -2.72. The maximum atomic E-state index is 13.2. The lowest BCUT2D eigenvalue weighted by atomic mass is 10.1. The van der Waals surface area contributed by atoms with Crippen LogP contribution in [0.2, 0.25) is 0 Å². The molecule has 168 valence electrons. The van der Waals surface area contributed by atoms with Crippen molar-refractivity contribution in [2.45, 2.75) is 24.1 Å². The average molecular weight is 529 g/mol. The summed E-state index contributed by atoms with van der Waals surface area (Å²) in [5.41, 5.74) is 2.52. The fourth-order valence-electron chi connectivity index (χ4n) is 3.06. The number of halogens is 3. The van der Waals surface area contributed by atoms with E-state index in [0.717, 1.165) is 15.6 Å². The fraction of sp³-hybridized carbons (Fsp3) is 0.160. The first-order chi connectivity index (χ1) is 15.8. The Bertz CT molecular complexity index is 1240. The minimum Gasteiger partial charge on any atom is -0.496 e. The van der Waals surface area contributed by atoms with Crippen molar-refractivity contribution in [1.29, 1.82) is 5.26 Å². The first-order valence-electron chi connectivity index (χ1n) is 9.80. The van der Waals surface area contributed by atoms with E-state index in [1.807, 2.05) is 18.2 Å². The normalized spacial score (nSPS) is 11.1. The summed E-state index contributed by atoms with van der Waals surface area (Å²) in [6.45, 7) is 1.62. The van der Waals surface area contributed by atoms with Crippen LogP contribution in [0.25, 0.3) is 6.08 Å². The van der Waals surface area contributed by atoms with Gasteiger partial charge in [-0.3, -0.25) is 4.79 Å². The number of alkyl halides is 2. The largest absolute Gasteiger partial charge is 0.496 e. The van der Waals surface area contributed by atoms with Gasteiger partial charge in [-0.05, 0) is 66.6 Å². The van der Waals surface area contributed by atoms with Gasteiger partial charge in [0.2, 0.25) is 0 Å². The minimum absolute atomic E-state index is 0.128. The molecule has 2 aromatic carbocycles. The van der Waals surface area contributed by atoms with E-state index in [4.69, 9.17) is 4.74 Å². The predicted octanol–water partition coefficient (Wildman–Crippen LogP) is 7.16. The molecule has 1 heterocycles. The molecule has 0 unspecified atom stereocenters. The van der Waals surface area contributed by atoms with Crippen LogP contribution in [0.15, 0.2) is 64.1 Å². The molecule has 0 aliphatic carbocycles. The summed E-state index contributed by atoms with van der Waals surface area (Å²) in [6.07, 6.45) is 0.479. The van der Waals surface area contributed by atoms with Crippen molar-refractivity contribution in [2.75, 3.05) is 7.11 Å². The van der Waals surface area contributed by atoms with Gasteiger partial charge in [0, 0.05) is 21.4 Å². The highest BCUT2D eigenvalue weighted by Gasteiger charge is 2.17. The molecule has 0 spiro atoms. The molecule has 8 heteroatoms. The number of thioether (sulfide) groups is 1. The third-order valence-corrected chi connectivity index (χ3v) is 6.32. The maximum Gasteiger partial charge on any atom is 0.280 e. The number of carbonyl (C=O) groups excluding carboxylic acids is 1. The van der Waals surface area contributed by atoms with Crippen molar-refractivity contribution in [3.8, 4) is 11.8 Å². The summed E-state index contributed by atoms with van der Waals surface area (Å²) in [7, 11) is 1.54. The summed E-state index contributed by atoms with van der Waals surface area (Å²) in [6, 6.07) is 15.8. The van der Waals surface area contributed by atoms with Crippen molar-refractivity contribution >= 4 is 39.6 Å². The van der Waals surface area contributed by atoms with Crippen molar-refractivity contribution in [1.82, 2.24) is 4.98 Å². The molecule has 0 atom stereocenters. The van der Waals surface area contributed by atoms with E-state index in [1.54, 1.807) is 43.3 Å². The van der Waals surface area contributed by atoms with Gasteiger partial charge in [-0.1, -0.05) is 28.1 Å². The Hall–Kier alpha value is -3.02. The number of nitriles is 1. The number of pyridine rings is 1. The molecule has 0 amide bonds. The molecular formula is C25H19BrF2N2O2S. The number of hydrogen-bond acceptors (Lipinski definition) is 5. The molecule has 0 N–H and O–H groups in total. The molecule has 1 aromatic heterocycles. The van der Waals surface area contributed by atoms with Crippen LogP contribution in [0.4, 0.5) is 8.78 Å². The van der Waals surface area contributed by atoms with Crippen molar-refractivity contribution in [3.05, 3.63) is 92.6 Å². The molecule has 0 fully saturated rings. The standard InChI is InChI=1S/C25H19BrF2N2O2S/c1-15-11-21(24(27)28)30-25(20(15)13-29)33-14-18-12-16(4-10-23(18)32-2)3-9-22(31)17-5-7-19(26)8-6-17/h3-12,24H,14H2,1-2H3/b9-3+. The molecule has 3 aromatic rings. The molecular weight excluding hydrogens is 510 g/mol. The van der Waals surface area contributed by atoms with Crippen LogP contribution in [-0.4, -0.2) is 17.9 Å². The Balaban J connectivity index is 1.83. The number of rotatable bonds is 8. The number of benzene rings is 2. The zero-order valence-corrected chi connectivity index (χ0v) is 20.2. The topological polar surface area (TPSA) is 63.0 Å². The van der Waals surface area contributed by atoms with Gasteiger partial charge in [-0.15, -0.1) is 11.8 Å². The van der Waals surface area contributed by atoms with Crippen LogP contribution in [0, 0.1) is 18.3 Å². The number of allylic oxidation sites excluding steroid dienone is 1. The van der Waals surface area contributed by atoms with E-state index in [2.05, 4.69) is 20.9 Å². The zero-order valence-electron chi connectivity index (χ0n) is 17.8. The summed E-state index contributed by atoms with van der Waals surface area (Å²) in [4.78, 5) is 16.4. The molecule has 0 aliphatic heterocycles. The third-order valence-electron chi connectivity index (χ3n) is 4.76. The number of ketones is 1. The van der Waals surface area contributed by atoms with Crippen LogP contribution < -0.4 is 4.74 Å². The van der Waals surface area contributed by atoms with E-state index in [0.29, 0.717) is 22.6 Å². The van der Waals surface area contributed by atoms with E-state index in [9.17, 15) is 18.8 Å². The fourth-order valence-corrected chi connectivity index (χ4v) is 4.37. The molecule has 0 saturated heterocycles. The SMILES string of the molecule is COc1ccc(/C=C/C(=O)c2ccc(Br)cc2)cc1CSc1nc(C(F)F)cc(C)c1C#N. The van der Waals surface area contributed by atoms with Gasteiger partial charge >= 0.3 is 0 Å². The third kappa shape index (κ3) is 6.28. The second-order valence-corrected chi connectivity index (χ2v) is 8.90. The lowest BCUT2D eigenvalue weighted by molar-refractivity contribution is 0.104. The van der Waals surface area contributed by atoms with Crippen LogP contribution in [-0.2, 0) is 5.75 Å². The summed E-state index contributed by atoms with van der Waals surface area (Å²) in [5.74, 6) is 0.829. The number of ether oxygens (including phenoxy) is 1. The zero-order chi connectivity index (χ0) is 24.0. The van der Waals surface area contributed by atoms with Gasteiger partial charge in [0.05, 0.1) is 12.7 Å². The highest BCUT2D eigenvalue weighted by molar-refractivity contribution is 9.10. The monoisotopic (exact) mass is 528 g/mol. The molecule has 0 saturated carbocycles. The van der Waals surface area contributed by atoms with E-state index >= 15 is 0 Å². The van der Waals surface area contributed by atoms with Gasteiger partial charge in [0.15, 0.2) is 5.78 Å². The Morgan fingerprint density at radius 3 is 2.61 bits per heavy atom. The molecule has 33 heavy (non-hydrogen) atoms. The van der Waals surface area contributed by atoms with E-state index in [-0.39, 0.29) is 22.1 Å². The van der Waals surface area contributed by atoms with Crippen molar-refractivity contribution in [3.63, 3.8) is 0 Å². The van der Waals surface area contributed by atoms with Gasteiger partial charge in [0.1, 0.15) is 22.5 Å². The Morgan fingerprint density at radius 2 is 1.97 bits per heavy atom. The van der Waals surface area contributed by atoms with Gasteiger partial charge < -0.3 is 4.74 Å². The second-order valence-electron chi connectivity index (χ2n) is 7.02. The predicted molar refractivity (Wildman–Crippen MR) is 129 cm³/mol. The average Bonchev–Trinajstić information content (AvgIpc) is 2.81. The second kappa shape index (κ2) is 11.2. The van der Waals surface area contributed by atoms with Crippen molar-refractivity contribution < 1.29 is 18.3 Å². The van der Waals surface area contributed by atoms with Crippen LogP contribution in [0.5, 0.6) is 5.75 Å². The number of methoxy groups -OCH3 is 1. The highest BCUT2D eigenvalue weighted by atomic mass is 79.9. The van der Waals surface area contributed by atoms with Crippen LogP contribution in [0.3, 0.4) is 0 Å². The Kier molecular flexibility index (Phi) is 8.37. The van der Waals surface area contributed by atoms with E-state index in [1.165, 1.54) is 31.0 Å². The molecule has 4 nitrogen and oxygen atoms in total. The number of carbonyl (C=O) groups is 1. The van der Waals surface area contributed by atoms with Crippen LogP contribution in [0.1, 0.15) is 44.7 Å². The van der Waals surface area contributed by atoms with Gasteiger partial charge in [-0.25, -0.2) is 13.8 Å². The Morgan fingerprint density at radius 1 is 1.24 bits per heavy atom. The Labute approximate surface area is 203 Å². The van der Waals surface area contributed by atoms with E-state index < -0.39 is 6.43 Å². The molecule has 0 aliphatic rings. The summed E-state index contributed by atoms with van der Waals surface area (Å²) in [5, 5.41) is 9.69. The van der Waals surface area contributed by atoms with Crippen molar-refractivity contribution in [2.24, 2.45) is 0 Å². The molecule has 0 radical (unpaired) electrons. The quantitative estimate of drug-likeness (QED) is 0.176. The molecule has 0 bridgehead atoms. The van der Waals surface area contributed by atoms with Gasteiger partial charge in [-0.2, -0.15) is 5.26 Å². The number of aromatic nitrogens is 1. The van der Waals surface area contributed by atoms with Crippen LogP contribution >= 0.6 is 27.7 Å². The smallest absolute Gasteiger partial charge is 0.280 e. The highest BCUT2D eigenvalue weighted by Crippen LogP contribution is 2.32. The summed E-state index contributed by atoms with van der Waals surface area (Å²) >= 11 is 4.53. The lowest BCUT2D eigenvalue weighted by Gasteiger charge is -2.12. The maximum absolute atomic E-state index is 13.2. The number of hydrogen-bond donors (Lipinski definition) is 0. The number of nitrogens with zero attached hydrogens (tertiary/aromatic N) is 2. The lowest BCUT2D eigenvalue weighted by Crippen LogP contribution is -1.99. The molecule has 3 rings (SSSR count). The number of aryl methyl sites for hydroxylation is 1. The first kappa shape index (κ1) is 24.6. The van der Waals surface area contributed by atoms with Gasteiger partial charge in [0.25, 0.3) is 6.43 Å².